The van der Waals surface area contributed by atoms with Crippen LogP contribution in [-0.4, -0.2) is 44.0 Å². The van der Waals surface area contributed by atoms with E-state index in [1.54, 1.807) is 6.08 Å². The lowest BCUT2D eigenvalue weighted by Gasteiger charge is -2.38. The Hall–Kier alpha value is -1.34. The maximum absolute atomic E-state index is 11.9. The first-order chi connectivity index (χ1) is 8.58. The number of amides is 1. The van der Waals surface area contributed by atoms with Gasteiger partial charge in [-0.05, 0) is 13.0 Å². The summed E-state index contributed by atoms with van der Waals surface area (Å²) in [4.78, 5) is 28.6. The van der Waals surface area contributed by atoms with Crippen molar-refractivity contribution < 1.29 is 14.7 Å². The van der Waals surface area contributed by atoms with Crippen molar-refractivity contribution in [2.24, 2.45) is 0 Å². The van der Waals surface area contributed by atoms with Crippen LogP contribution in [0.25, 0.3) is 6.08 Å². The van der Waals surface area contributed by atoms with Gasteiger partial charge < -0.3 is 10.0 Å². The lowest BCUT2D eigenvalue weighted by Crippen LogP contribution is -2.56. The number of rotatable bonds is 2. The summed E-state index contributed by atoms with van der Waals surface area (Å²) in [6.07, 6.45) is 1.77. The lowest BCUT2D eigenvalue weighted by molar-refractivity contribution is -0.150. The zero-order valence-corrected chi connectivity index (χ0v) is 11.1. The molecule has 18 heavy (non-hydrogen) atoms. The maximum Gasteiger partial charge on any atom is 0.327 e. The third-order valence-corrected chi connectivity index (χ3v) is 5.07. The molecule has 0 saturated carbocycles. The third-order valence-electron chi connectivity index (χ3n) is 2.97. The average molecular weight is 282 g/mol. The highest BCUT2D eigenvalue weighted by Crippen LogP contribution is 2.43. The highest BCUT2D eigenvalue weighted by molar-refractivity contribution is 8.00. The second-order valence-electron chi connectivity index (χ2n) is 4.14. The van der Waals surface area contributed by atoms with Crippen molar-refractivity contribution in [3.8, 4) is 0 Å². The van der Waals surface area contributed by atoms with Gasteiger partial charge >= 0.3 is 5.97 Å². The van der Waals surface area contributed by atoms with E-state index in [1.165, 1.54) is 28.0 Å². The van der Waals surface area contributed by atoms with Crippen molar-refractivity contribution >= 4 is 41.1 Å². The predicted molar refractivity (Wildman–Crippen MR) is 69.3 cm³/mol. The molecule has 0 aromatic carbocycles. The average Bonchev–Trinajstić information content (AvgIpc) is 2.89. The number of thioether (sulfide) groups is 1. The second kappa shape index (κ2) is 4.10. The van der Waals surface area contributed by atoms with Crippen LogP contribution in [0.3, 0.4) is 0 Å². The van der Waals surface area contributed by atoms with Crippen molar-refractivity contribution in [2.75, 3.05) is 5.75 Å². The molecular formula is C11H10N2O3S2. The van der Waals surface area contributed by atoms with E-state index >= 15 is 0 Å². The number of carbonyl (C=O) groups is 2. The van der Waals surface area contributed by atoms with Gasteiger partial charge in [0, 0.05) is 11.1 Å². The maximum atomic E-state index is 11.9. The number of carboxylic acid groups (broad SMARTS) is 1. The fraction of sp³-hybridized carbons (Fsp3) is 0.364. The fourth-order valence-electron chi connectivity index (χ4n) is 2.11. The van der Waals surface area contributed by atoms with E-state index in [1.807, 2.05) is 12.3 Å². The van der Waals surface area contributed by atoms with Crippen molar-refractivity contribution in [1.29, 1.82) is 0 Å². The molecule has 2 saturated heterocycles. The summed E-state index contributed by atoms with van der Waals surface area (Å²) in [5.41, 5.74) is 1.44. The van der Waals surface area contributed by atoms with Crippen LogP contribution >= 0.6 is 23.1 Å². The Morgan fingerprint density at radius 3 is 3.06 bits per heavy atom. The Labute approximate surface area is 112 Å². The zero-order chi connectivity index (χ0) is 12.9. The normalized spacial score (nSPS) is 28.4. The summed E-state index contributed by atoms with van der Waals surface area (Å²) >= 11 is 3.03. The van der Waals surface area contributed by atoms with E-state index in [-0.39, 0.29) is 11.3 Å². The Kier molecular flexibility index (Phi) is 2.67. The van der Waals surface area contributed by atoms with Crippen molar-refractivity contribution in [1.82, 2.24) is 9.88 Å². The molecular weight excluding hydrogens is 272 g/mol. The van der Waals surface area contributed by atoms with E-state index in [0.29, 0.717) is 11.3 Å². The van der Waals surface area contributed by atoms with Crippen molar-refractivity contribution in [2.45, 2.75) is 18.3 Å². The van der Waals surface area contributed by atoms with E-state index in [9.17, 15) is 9.59 Å². The molecule has 1 unspecified atom stereocenters. The predicted octanol–water partition coefficient (Wildman–Crippen LogP) is 1.20. The van der Waals surface area contributed by atoms with Crippen LogP contribution in [0.4, 0.5) is 0 Å². The van der Waals surface area contributed by atoms with Gasteiger partial charge in [-0.25, -0.2) is 9.78 Å². The van der Waals surface area contributed by atoms with Gasteiger partial charge in [-0.3, -0.25) is 4.79 Å². The van der Waals surface area contributed by atoms with Gasteiger partial charge in [0.05, 0.1) is 16.3 Å². The van der Waals surface area contributed by atoms with Crippen molar-refractivity contribution in [3.05, 3.63) is 21.7 Å². The quantitative estimate of drug-likeness (QED) is 0.652. The van der Waals surface area contributed by atoms with Crippen LogP contribution in [0.5, 0.6) is 0 Å². The van der Waals surface area contributed by atoms with E-state index in [0.717, 1.165) is 10.7 Å². The number of hydrogen-bond donors (Lipinski definition) is 1. The third kappa shape index (κ3) is 1.65. The molecule has 2 aliphatic heterocycles. The van der Waals surface area contributed by atoms with Crippen LogP contribution in [0.15, 0.2) is 11.0 Å². The molecule has 2 aliphatic rings. The first-order valence-electron chi connectivity index (χ1n) is 5.38. The summed E-state index contributed by atoms with van der Waals surface area (Å²) < 4.78 is 0. The molecule has 1 amide bonds. The number of aryl methyl sites for hydroxylation is 1. The number of nitrogens with zero attached hydrogens (tertiary/aromatic N) is 2. The van der Waals surface area contributed by atoms with Crippen LogP contribution in [-0.2, 0) is 9.59 Å². The number of aliphatic carboxylic acids is 1. The molecule has 0 radical (unpaired) electrons. The summed E-state index contributed by atoms with van der Waals surface area (Å²) in [6.45, 7) is 1.91. The van der Waals surface area contributed by atoms with Gasteiger partial charge in [0.15, 0.2) is 0 Å². The molecule has 2 atom stereocenters. The van der Waals surface area contributed by atoms with E-state index in [2.05, 4.69) is 4.98 Å². The van der Waals surface area contributed by atoms with Crippen LogP contribution in [0.2, 0.25) is 0 Å². The molecule has 1 N–H and O–H groups in total. The second-order valence-corrected chi connectivity index (χ2v) is 6.32. The summed E-state index contributed by atoms with van der Waals surface area (Å²) in [7, 11) is 0. The molecule has 1 aromatic heterocycles. The van der Waals surface area contributed by atoms with Crippen LogP contribution < -0.4 is 0 Å². The lowest BCUT2D eigenvalue weighted by atomic mass is 10.0. The SMILES string of the molecule is Cc1nc(C=C2C(=O)N3C(C(=O)O)CS[C@H]23)cs1. The molecule has 94 valence electrons. The summed E-state index contributed by atoms with van der Waals surface area (Å²) in [6, 6.07) is -0.679. The minimum absolute atomic E-state index is 0.111. The molecule has 3 heterocycles. The Morgan fingerprint density at radius 2 is 2.44 bits per heavy atom. The molecule has 1 aromatic rings. The number of carbonyl (C=O) groups excluding carboxylic acids is 1. The number of hydrogen-bond acceptors (Lipinski definition) is 5. The smallest absolute Gasteiger partial charge is 0.327 e. The van der Waals surface area contributed by atoms with Gasteiger partial charge in [-0.15, -0.1) is 23.1 Å². The Bertz CT molecular complexity index is 566. The monoisotopic (exact) mass is 282 g/mol. The highest BCUT2D eigenvalue weighted by atomic mass is 32.2. The first kappa shape index (κ1) is 11.7. The van der Waals surface area contributed by atoms with Gasteiger partial charge in [0.2, 0.25) is 0 Å². The zero-order valence-electron chi connectivity index (χ0n) is 9.49. The first-order valence-corrected chi connectivity index (χ1v) is 7.31. The summed E-state index contributed by atoms with van der Waals surface area (Å²) in [5.74, 6) is -0.649. The van der Waals surface area contributed by atoms with Crippen LogP contribution in [0, 0.1) is 6.92 Å². The molecule has 3 rings (SSSR count). The van der Waals surface area contributed by atoms with Gasteiger partial charge in [-0.1, -0.05) is 0 Å². The Morgan fingerprint density at radius 1 is 1.67 bits per heavy atom. The topological polar surface area (TPSA) is 70.5 Å². The minimum Gasteiger partial charge on any atom is -0.480 e. The number of aromatic nitrogens is 1. The number of β-lactam (4-membered cyclic amide) rings is 1. The largest absolute Gasteiger partial charge is 0.480 e. The molecule has 2 fully saturated rings. The summed E-state index contributed by atoms with van der Waals surface area (Å²) in [5, 5.41) is 11.7. The standard InChI is InChI=1S/C11H10N2O3S2/c1-5-12-6(3-17-5)2-7-9(14)13-8(11(15)16)4-18-10(7)13/h2-3,8,10H,4H2,1H3,(H,15,16)/t8?,10-/m1/s1. The minimum atomic E-state index is -0.929. The molecule has 0 spiro atoms. The Balaban J connectivity index is 1.84. The molecule has 5 nitrogen and oxygen atoms in total. The van der Waals surface area contributed by atoms with Gasteiger partial charge in [0.25, 0.3) is 5.91 Å². The number of thiazole rings is 1. The number of carboxylic acids is 1. The van der Waals surface area contributed by atoms with E-state index in [4.69, 9.17) is 5.11 Å². The fourth-order valence-corrected chi connectivity index (χ4v) is 4.10. The molecule has 0 bridgehead atoms. The van der Waals surface area contributed by atoms with Gasteiger partial charge in [-0.2, -0.15) is 0 Å². The molecule has 0 aliphatic carbocycles. The van der Waals surface area contributed by atoms with Gasteiger partial charge in [0.1, 0.15) is 11.4 Å². The highest BCUT2D eigenvalue weighted by Gasteiger charge is 2.53. The number of fused-ring (bicyclic) bond motifs is 1. The van der Waals surface area contributed by atoms with E-state index < -0.39 is 12.0 Å². The van der Waals surface area contributed by atoms with Crippen LogP contribution in [0.1, 0.15) is 10.7 Å². The molecule has 7 heteroatoms. The van der Waals surface area contributed by atoms with Crippen molar-refractivity contribution in [3.63, 3.8) is 0 Å².